The second-order valence-electron chi connectivity index (χ2n) is 30.4. The van der Waals surface area contributed by atoms with E-state index in [0.29, 0.717) is 0 Å². The van der Waals surface area contributed by atoms with Gasteiger partial charge in [0, 0.05) is 127 Å². The van der Waals surface area contributed by atoms with E-state index in [1.54, 1.807) is 0 Å². The molecule has 8 nitrogen and oxygen atoms in total. The molecule has 0 aliphatic rings. The highest BCUT2D eigenvalue weighted by Gasteiger charge is 2.18. The molecule has 0 unspecified atom stereocenters. The Hall–Kier alpha value is -14.9. The van der Waals surface area contributed by atoms with Crippen molar-refractivity contribution >= 4 is 21.8 Å². The molecule has 0 radical (unpaired) electrons. The van der Waals surface area contributed by atoms with Crippen molar-refractivity contribution in [3.63, 3.8) is 0 Å². The van der Waals surface area contributed by atoms with Crippen LogP contribution in [0.4, 0.5) is 0 Å². The summed E-state index contributed by atoms with van der Waals surface area (Å²) in [6.07, 6.45) is 11.7. The first-order valence-electron chi connectivity index (χ1n) is 40.0. The number of pyridine rings is 8. The average Bonchev–Trinajstić information content (AvgIpc) is 0.741. The molecule has 8 aromatic heterocycles. The summed E-state index contributed by atoms with van der Waals surface area (Å²) < 4.78 is 0. The summed E-state index contributed by atoms with van der Waals surface area (Å²) in [5, 5.41) is 2.28. The maximum atomic E-state index is 4.90. The molecule has 118 heavy (non-hydrogen) atoms. The van der Waals surface area contributed by atoms with Gasteiger partial charge in [-0.2, -0.15) is 0 Å². The lowest BCUT2D eigenvalue weighted by Gasteiger charge is -2.14. The minimum Gasteiger partial charge on any atom is -0.261 e. The van der Waals surface area contributed by atoms with Crippen molar-refractivity contribution < 1.29 is 0 Å². The van der Waals surface area contributed by atoms with Gasteiger partial charge in [-0.15, -0.1) is 0 Å². The van der Waals surface area contributed by atoms with Gasteiger partial charge in [-0.25, -0.2) is 0 Å². The zero-order valence-electron chi connectivity index (χ0n) is 67.4. The van der Waals surface area contributed by atoms with Gasteiger partial charge in [-0.05, 0) is 281 Å². The van der Waals surface area contributed by atoms with Crippen molar-refractivity contribution in [2.75, 3.05) is 0 Å². The Morgan fingerprint density at radius 1 is 0.136 bits per heavy atom. The molecule has 0 aliphatic heterocycles. The normalized spacial score (nSPS) is 11.1. The maximum Gasteiger partial charge on any atom is 0.0974 e. The molecule has 0 atom stereocenters. The Morgan fingerprint density at radius 3 is 0.551 bits per heavy atom. The van der Waals surface area contributed by atoms with Crippen molar-refractivity contribution in [2.45, 2.75) is 55.4 Å². The summed E-state index contributed by atoms with van der Waals surface area (Å²) in [6.45, 7) is 16.2. The lowest BCUT2D eigenvalue weighted by molar-refractivity contribution is 1.20. The highest BCUT2D eigenvalue weighted by atomic mass is 14.8. The van der Waals surface area contributed by atoms with Crippen LogP contribution in [0.3, 0.4) is 0 Å². The Labute approximate surface area is 690 Å². The topological polar surface area (TPSA) is 103 Å². The third-order valence-corrected chi connectivity index (χ3v) is 21.8. The Morgan fingerprint density at radius 2 is 0.322 bits per heavy atom. The van der Waals surface area contributed by atoms with E-state index < -0.39 is 0 Å². The molecule has 0 bridgehead atoms. The van der Waals surface area contributed by atoms with Crippen LogP contribution >= 0.6 is 0 Å². The number of hydrogen-bond donors (Lipinski definition) is 0. The van der Waals surface area contributed by atoms with Crippen LogP contribution in [-0.2, 0) is 0 Å². The van der Waals surface area contributed by atoms with E-state index in [4.69, 9.17) is 9.97 Å². The van der Waals surface area contributed by atoms with Crippen LogP contribution in [0.25, 0.3) is 178 Å². The third-order valence-electron chi connectivity index (χ3n) is 21.8. The predicted octanol–water partition coefficient (Wildman–Crippen LogP) is 28.3. The van der Waals surface area contributed by atoms with Crippen molar-refractivity contribution in [3.05, 3.63) is 422 Å². The van der Waals surface area contributed by atoms with E-state index in [2.05, 4.69) is 371 Å². The highest BCUT2D eigenvalue weighted by molar-refractivity contribution is 6.12. The van der Waals surface area contributed by atoms with Crippen LogP contribution in [0, 0.1) is 55.4 Å². The largest absolute Gasteiger partial charge is 0.261 e. The van der Waals surface area contributed by atoms with Gasteiger partial charge in [0.1, 0.15) is 0 Å². The van der Waals surface area contributed by atoms with Gasteiger partial charge < -0.3 is 0 Å². The average molecular weight is 1520 g/mol. The molecule has 0 aliphatic carbocycles. The second-order valence-corrected chi connectivity index (χ2v) is 30.4. The number of aryl methyl sites for hydroxylation is 8. The van der Waals surface area contributed by atoms with Crippen molar-refractivity contribution in [2.24, 2.45) is 0 Å². The minimum atomic E-state index is 0.970. The fourth-order valence-corrected chi connectivity index (χ4v) is 15.2. The fraction of sp³-hybridized carbons (Fsp3) is 0.0727. The van der Waals surface area contributed by atoms with E-state index in [9.17, 15) is 0 Å². The SMILES string of the molecule is Cc1cc(-c2ccccc2)c2ccc3c(-c4ccccc4)cc(C)nc3c2n1.Cc1ccc(-c2ccc(-c3cc(-c4ccc(-c5ccc(C)nc5)cc4)cc(-c4ccc(-c5ccc(C)nc5)cc4)c3)cc2)cn1.Cc1ccc(-c2cccc(-c3cc(-c4cccc(-c5ccc(C)nc5)c4)cc(-c4cccc(-c5ccc(C)nc5)c4)c3)c2)cn1. The van der Waals surface area contributed by atoms with E-state index in [1.807, 2.05) is 90.9 Å². The summed E-state index contributed by atoms with van der Waals surface area (Å²) in [4.78, 5) is 36.8. The molecule has 0 fully saturated rings. The standard InChI is InChI=1S/2C42H33N3.C26H20N2/c1-28-4-7-37(25-43-28)31-10-16-34(17-11-31)40-22-41(35-18-12-32(13-19-35)38-8-5-29(2)44-26-38)24-42(23-40)36-20-14-33(15-21-36)39-9-6-30(3)45-27-39;1-28-13-16-37(25-43-28)31-7-4-10-34(19-31)40-22-41(35-11-5-8-32(20-35)38-17-14-29(2)44-26-38)24-42(23-40)36-12-6-9-33(21-36)39-18-15-30(3)45-27-39;1-17-15-23(19-9-5-3-6-10-19)21-13-14-22-24(20-11-7-4-8-12-20)16-18(2)28-26(22)25(21)27-17/h2*4-27H,1-3H3;3-16H,1-2H3. The van der Waals surface area contributed by atoms with Crippen molar-refractivity contribution in [1.82, 2.24) is 39.9 Å². The first-order valence-corrected chi connectivity index (χ1v) is 40.0. The highest BCUT2D eigenvalue weighted by Crippen LogP contribution is 2.41. The summed E-state index contributed by atoms with van der Waals surface area (Å²) in [5.74, 6) is 0. The molecule has 0 saturated carbocycles. The molecule has 0 saturated heterocycles. The van der Waals surface area contributed by atoms with Crippen LogP contribution in [0.2, 0.25) is 0 Å². The lowest BCUT2D eigenvalue weighted by atomic mass is 9.90. The zero-order chi connectivity index (χ0) is 80.6. The molecule has 0 amide bonds. The van der Waals surface area contributed by atoms with Crippen molar-refractivity contribution in [1.29, 1.82) is 0 Å². The Balaban J connectivity index is 0.000000130. The monoisotopic (exact) mass is 1520 g/mol. The van der Waals surface area contributed by atoms with Gasteiger partial charge in [-0.1, -0.05) is 237 Å². The van der Waals surface area contributed by atoms with Gasteiger partial charge >= 0.3 is 0 Å². The summed E-state index contributed by atoms with van der Waals surface area (Å²) in [7, 11) is 0. The lowest BCUT2D eigenvalue weighted by Crippen LogP contribution is -1.94. The molecule has 0 spiro atoms. The van der Waals surface area contributed by atoms with Crippen LogP contribution in [-0.4, -0.2) is 39.9 Å². The van der Waals surface area contributed by atoms with E-state index in [-0.39, 0.29) is 0 Å². The quantitative estimate of drug-likeness (QED) is 0.0992. The number of fused-ring (bicyclic) bond motifs is 3. The summed E-state index contributed by atoms with van der Waals surface area (Å²) in [6, 6.07) is 121. The maximum absolute atomic E-state index is 4.90. The van der Waals surface area contributed by atoms with Gasteiger partial charge in [0.2, 0.25) is 0 Å². The molecule has 11 aromatic carbocycles. The number of hydrogen-bond acceptors (Lipinski definition) is 8. The first-order chi connectivity index (χ1) is 57.7. The first kappa shape index (κ1) is 75.8. The minimum absolute atomic E-state index is 0.970. The van der Waals surface area contributed by atoms with Gasteiger partial charge in [0.15, 0.2) is 0 Å². The summed E-state index contributed by atoms with van der Waals surface area (Å²) in [5.41, 5.74) is 42.5. The van der Waals surface area contributed by atoms with E-state index >= 15 is 0 Å². The van der Waals surface area contributed by atoms with Crippen LogP contribution < -0.4 is 0 Å². The smallest absolute Gasteiger partial charge is 0.0974 e. The van der Waals surface area contributed by atoms with Gasteiger partial charge in [0.05, 0.1) is 11.0 Å². The van der Waals surface area contributed by atoms with Crippen LogP contribution in [0.1, 0.15) is 45.6 Å². The molecule has 566 valence electrons. The van der Waals surface area contributed by atoms with Crippen LogP contribution in [0.5, 0.6) is 0 Å². The Bertz CT molecular complexity index is 6150. The van der Waals surface area contributed by atoms with Crippen LogP contribution in [0.15, 0.2) is 377 Å². The molecule has 8 heterocycles. The summed E-state index contributed by atoms with van der Waals surface area (Å²) >= 11 is 0. The number of rotatable bonds is 14. The van der Waals surface area contributed by atoms with Crippen molar-refractivity contribution in [3.8, 4) is 156 Å². The molecule has 8 heteroatoms. The molecular formula is C110H86N8. The number of nitrogens with zero attached hydrogens (tertiary/aromatic N) is 8. The molecule has 19 aromatic rings. The van der Waals surface area contributed by atoms with Gasteiger partial charge in [0.25, 0.3) is 0 Å². The second kappa shape index (κ2) is 34.1. The van der Waals surface area contributed by atoms with Gasteiger partial charge in [-0.3, -0.25) is 39.9 Å². The fourth-order valence-electron chi connectivity index (χ4n) is 15.2. The predicted molar refractivity (Wildman–Crippen MR) is 491 cm³/mol. The molecular weight excluding hydrogens is 1430 g/mol. The molecule has 19 rings (SSSR count). The number of aromatic nitrogens is 8. The van der Waals surface area contributed by atoms with E-state index in [0.717, 1.165) is 167 Å². The third kappa shape index (κ3) is 17.3. The zero-order valence-corrected chi connectivity index (χ0v) is 67.4. The number of benzene rings is 11. The molecule has 0 N–H and O–H groups in total. The van der Waals surface area contributed by atoms with E-state index in [1.165, 1.54) is 55.6 Å². The Kier molecular flexibility index (Phi) is 21.9.